The fourth-order valence-corrected chi connectivity index (χ4v) is 3.36. The Bertz CT molecular complexity index is 787. The van der Waals surface area contributed by atoms with Gasteiger partial charge in [-0.05, 0) is 18.9 Å². The van der Waals surface area contributed by atoms with E-state index in [1.807, 2.05) is 0 Å². The van der Waals surface area contributed by atoms with Crippen LogP contribution in [0, 0.1) is 11.3 Å². The van der Waals surface area contributed by atoms with Gasteiger partial charge in [-0.3, -0.25) is 19.2 Å². The van der Waals surface area contributed by atoms with Gasteiger partial charge in [0.1, 0.15) is 18.8 Å². The van der Waals surface area contributed by atoms with Crippen LogP contribution in [0.3, 0.4) is 0 Å². The van der Waals surface area contributed by atoms with Crippen LogP contribution in [0.15, 0.2) is 12.2 Å². The molecule has 6 atom stereocenters. The molecule has 0 bridgehead atoms. The molecule has 1 heterocycles. The summed E-state index contributed by atoms with van der Waals surface area (Å²) in [5.74, 6) is -2.85. The number of esters is 4. The molecule has 1 aliphatic carbocycles. The maximum atomic E-state index is 11.8. The van der Waals surface area contributed by atoms with Crippen molar-refractivity contribution in [3.63, 3.8) is 0 Å². The SMILES string of the molecule is CC(=O)OCC1OC(OC2(C#N)C=CCC2)C(OC(C)=O)C(OC(C)=O)C1OC(C)=O. The van der Waals surface area contributed by atoms with Gasteiger partial charge in [-0.1, -0.05) is 6.08 Å². The lowest BCUT2D eigenvalue weighted by atomic mass is 9.97. The van der Waals surface area contributed by atoms with Gasteiger partial charge in [0.15, 0.2) is 23.9 Å². The number of rotatable bonds is 7. The smallest absolute Gasteiger partial charge is 0.303 e. The lowest BCUT2D eigenvalue weighted by Gasteiger charge is -2.45. The van der Waals surface area contributed by atoms with Gasteiger partial charge < -0.3 is 28.4 Å². The standard InChI is InChI=1S/C20H25NO10/c1-11(22)26-9-15-16(27-12(2)23)17(28-13(3)24)18(29-14(4)25)19(30-15)31-20(10-21)7-5-6-8-20/h5,7,15-19H,6,8-9H2,1-4H3. The van der Waals surface area contributed by atoms with E-state index in [1.54, 1.807) is 12.2 Å². The normalized spacial score (nSPS) is 31.9. The molecular formula is C20H25NO10. The molecule has 6 unspecified atom stereocenters. The molecule has 0 spiro atoms. The Morgan fingerprint density at radius 2 is 1.55 bits per heavy atom. The van der Waals surface area contributed by atoms with Gasteiger partial charge >= 0.3 is 23.9 Å². The molecule has 0 amide bonds. The van der Waals surface area contributed by atoms with Crippen LogP contribution in [0.1, 0.15) is 40.5 Å². The minimum Gasteiger partial charge on any atom is -0.463 e. The molecule has 31 heavy (non-hydrogen) atoms. The zero-order valence-corrected chi connectivity index (χ0v) is 17.7. The zero-order valence-electron chi connectivity index (χ0n) is 17.7. The Hall–Kier alpha value is -2.97. The summed E-state index contributed by atoms with van der Waals surface area (Å²) in [5, 5.41) is 9.63. The van der Waals surface area contributed by atoms with Crippen molar-refractivity contribution in [3.05, 3.63) is 12.2 Å². The van der Waals surface area contributed by atoms with E-state index in [1.165, 1.54) is 6.92 Å². The molecule has 0 radical (unpaired) electrons. The Morgan fingerprint density at radius 3 is 2.03 bits per heavy atom. The molecule has 170 valence electrons. The maximum Gasteiger partial charge on any atom is 0.303 e. The third kappa shape index (κ3) is 6.50. The van der Waals surface area contributed by atoms with Crippen molar-refractivity contribution in [3.8, 4) is 6.07 Å². The summed E-state index contributed by atoms with van der Waals surface area (Å²) >= 11 is 0. The predicted octanol–water partition coefficient (Wildman–Crippen LogP) is 0.698. The van der Waals surface area contributed by atoms with Gasteiger partial charge in [0.25, 0.3) is 0 Å². The highest BCUT2D eigenvalue weighted by atomic mass is 16.7. The molecule has 1 fully saturated rings. The molecule has 11 nitrogen and oxygen atoms in total. The Balaban J connectivity index is 2.45. The van der Waals surface area contributed by atoms with E-state index in [9.17, 15) is 24.4 Å². The van der Waals surface area contributed by atoms with Crippen LogP contribution in [0.25, 0.3) is 0 Å². The molecule has 0 N–H and O–H groups in total. The van der Waals surface area contributed by atoms with Crippen LogP contribution in [0.2, 0.25) is 0 Å². The van der Waals surface area contributed by atoms with Crippen molar-refractivity contribution in [2.75, 3.05) is 6.61 Å². The van der Waals surface area contributed by atoms with Gasteiger partial charge in [0.05, 0.1) is 0 Å². The average Bonchev–Trinajstić information content (AvgIpc) is 3.13. The first-order chi connectivity index (χ1) is 14.6. The van der Waals surface area contributed by atoms with Crippen molar-refractivity contribution in [1.82, 2.24) is 0 Å². The lowest BCUT2D eigenvalue weighted by Crippen LogP contribution is -2.63. The van der Waals surface area contributed by atoms with Gasteiger partial charge in [0, 0.05) is 27.7 Å². The number of hydrogen-bond donors (Lipinski definition) is 0. The molecule has 0 aromatic heterocycles. The number of carbonyl (C=O) groups is 4. The topological polar surface area (TPSA) is 147 Å². The van der Waals surface area contributed by atoms with E-state index >= 15 is 0 Å². The number of carbonyl (C=O) groups excluding carboxylic acids is 4. The second kappa shape index (κ2) is 10.4. The third-order valence-corrected chi connectivity index (χ3v) is 4.53. The second-order valence-corrected chi connectivity index (χ2v) is 7.13. The number of nitrogens with zero attached hydrogens (tertiary/aromatic N) is 1. The fraction of sp³-hybridized carbons (Fsp3) is 0.650. The van der Waals surface area contributed by atoms with Gasteiger partial charge in [0.2, 0.25) is 6.29 Å². The predicted molar refractivity (Wildman–Crippen MR) is 99.8 cm³/mol. The summed E-state index contributed by atoms with van der Waals surface area (Å²) in [5.41, 5.74) is -1.36. The van der Waals surface area contributed by atoms with Crippen LogP contribution in [-0.2, 0) is 47.6 Å². The van der Waals surface area contributed by atoms with E-state index in [4.69, 9.17) is 28.4 Å². The Kier molecular flexibility index (Phi) is 8.13. The molecule has 1 aliphatic heterocycles. The van der Waals surface area contributed by atoms with Crippen molar-refractivity contribution in [2.24, 2.45) is 0 Å². The van der Waals surface area contributed by atoms with Gasteiger partial charge in [-0.25, -0.2) is 0 Å². The van der Waals surface area contributed by atoms with Crippen molar-refractivity contribution < 1.29 is 47.6 Å². The lowest BCUT2D eigenvalue weighted by molar-refractivity contribution is -0.320. The average molecular weight is 439 g/mol. The first-order valence-electron chi connectivity index (χ1n) is 9.64. The minimum atomic E-state index is -1.39. The van der Waals surface area contributed by atoms with E-state index in [-0.39, 0.29) is 6.61 Å². The van der Waals surface area contributed by atoms with Crippen LogP contribution in [-0.4, -0.2) is 66.8 Å². The summed E-state index contributed by atoms with van der Waals surface area (Å²) in [6, 6.07) is 2.05. The molecule has 0 saturated carbocycles. The highest BCUT2D eigenvalue weighted by Gasteiger charge is 2.54. The van der Waals surface area contributed by atoms with Crippen LogP contribution < -0.4 is 0 Å². The summed E-state index contributed by atoms with van der Waals surface area (Å²) in [6.07, 6.45) is -2.27. The van der Waals surface area contributed by atoms with E-state index < -0.39 is 60.2 Å². The first-order valence-corrected chi connectivity index (χ1v) is 9.64. The van der Waals surface area contributed by atoms with Crippen molar-refractivity contribution in [1.29, 1.82) is 5.26 Å². The second-order valence-electron chi connectivity index (χ2n) is 7.13. The van der Waals surface area contributed by atoms with E-state index in [2.05, 4.69) is 6.07 Å². The summed E-state index contributed by atoms with van der Waals surface area (Å²) in [7, 11) is 0. The zero-order chi connectivity index (χ0) is 23.2. The summed E-state index contributed by atoms with van der Waals surface area (Å²) in [4.78, 5) is 46.6. The number of ether oxygens (including phenoxy) is 6. The third-order valence-electron chi connectivity index (χ3n) is 4.53. The van der Waals surface area contributed by atoms with Crippen molar-refractivity contribution >= 4 is 23.9 Å². The fourth-order valence-electron chi connectivity index (χ4n) is 3.36. The quantitative estimate of drug-likeness (QED) is 0.313. The molecule has 11 heteroatoms. The molecule has 0 aromatic rings. The summed E-state index contributed by atoms with van der Waals surface area (Å²) < 4.78 is 32.6. The van der Waals surface area contributed by atoms with E-state index in [0.717, 1.165) is 20.8 Å². The number of nitriles is 1. The van der Waals surface area contributed by atoms with Crippen LogP contribution >= 0.6 is 0 Å². The highest BCUT2D eigenvalue weighted by Crippen LogP contribution is 2.35. The van der Waals surface area contributed by atoms with Gasteiger partial charge in [-0.2, -0.15) is 5.26 Å². The Labute approximate surface area is 179 Å². The van der Waals surface area contributed by atoms with Gasteiger partial charge in [-0.15, -0.1) is 0 Å². The molecule has 2 rings (SSSR count). The number of allylic oxidation sites excluding steroid dienone is 1. The molecular weight excluding hydrogens is 414 g/mol. The van der Waals surface area contributed by atoms with Crippen LogP contribution in [0.4, 0.5) is 0 Å². The number of hydrogen-bond acceptors (Lipinski definition) is 11. The first kappa shape index (κ1) is 24.3. The highest BCUT2D eigenvalue weighted by molar-refractivity contribution is 5.68. The van der Waals surface area contributed by atoms with Crippen molar-refractivity contribution in [2.45, 2.75) is 76.8 Å². The summed E-state index contributed by atoms with van der Waals surface area (Å²) in [6.45, 7) is 4.19. The van der Waals surface area contributed by atoms with E-state index in [0.29, 0.717) is 12.8 Å². The molecule has 2 aliphatic rings. The monoisotopic (exact) mass is 439 g/mol. The molecule has 0 aromatic carbocycles. The maximum absolute atomic E-state index is 11.8. The van der Waals surface area contributed by atoms with Crippen LogP contribution in [0.5, 0.6) is 0 Å². The Morgan fingerprint density at radius 1 is 0.968 bits per heavy atom. The molecule has 1 saturated heterocycles. The largest absolute Gasteiger partial charge is 0.463 e. The minimum absolute atomic E-state index is 0.330.